The molecule has 0 saturated carbocycles. The van der Waals surface area contributed by atoms with Gasteiger partial charge in [-0.15, -0.1) is 0 Å². The SMILES string of the molecule is CC(C=O)=C(C)C1CC=CC1(C)C. The van der Waals surface area contributed by atoms with Crippen molar-refractivity contribution in [1.82, 2.24) is 0 Å². The third-order valence-corrected chi connectivity index (χ3v) is 3.14. The van der Waals surface area contributed by atoms with E-state index in [-0.39, 0.29) is 5.41 Å². The number of hydrogen-bond donors (Lipinski definition) is 0. The van der Waals surface area contributed by atoms with Gasteiger partial charge >= 0.3 is 0 Å². The Morgan fingerprint density at radius 3 is 2.46 bits per heavy atom. The number of allylic oxidation sites excluding steroid dienone is 4. The van der Waals surface area contributed by atoms with Crippen molar-refractivity contribution in [3.63, 3.8) is 0 Å². The van der Waals surface area contributed by atoms with Crippen molar-refractivity contribution in [2.24, 2.45) is 11.3 Å². The summed E-state index contributed by atoms with van der Waals surface area (Å²) in [6.45, 7) is 8.42. The van der Waals surface area contributed by atoms with Gasteiger partial charge in [0.25, 0.3) is 0 Å². The van der Waals surface area contributed by atoms with Crippen molar-refractivity contribution in [3.05, 3.63) is 23.3 Å². The van der Waals surface area contributed by atoms with Crippen LogP contribution in [-0.2, 0) is 4.79 Å². The molecule has 13 heavy (non-hydrogen) atoms. The van der Waals surface area contributed by atoms with Crippen LogP contribution in [0.4, 0.5) is 0 Å². The van der Waals surface area contributed by atoms with Gasteiger partial charge < -0.3 is 0 Å². The van der Waals surface area contributed by atoms with Crippen LogP contribution in [0.2, 0.25) is 0 Å². The summed E-state index contributed by atoms with van der Waals surface area (Å²) in [5.41, 5.74) is 2.35. The van der Waals surface area contributed by atoms with Crippen LogP contribution in [0.1, 0.15) is 34.1 Å². The highest BCUT2D eigenvalue weighted by molar-refractivity contribution is 5.73. The van der Waals surface area contributed by atoms with Crippen LogP contribution >= 0.6 is 0 Å². The Labute approximate surface area is 80.5 Å². The van der Waals surface area contributed by atoms with Crippen LogP contribution in [-0.4, -0.2) is 6.29 Å². The highest BCUT2D eigenvalue weighted by Crippen LogP contribution is 2.41. The van der Waals surface area contributed by atoms with Gasteiger partial charge in [0.2, 0.25) is 0 Å². The van der Waals surface area contributed by atoms with Crippen LogP contribution in [0.5, 0.6) is 0 Å². The molecule has 0 aromatic rings. The van der Waals surface area contributed by atoms with Crippen LogP contribution in [0, 0.1) is 11.3 Å². The molecule has 0 aromatic carbocycles. The molecule has 0 spiro atoms. The average Bonchev–Trinajstić information content (AvgIpc) is 2.42. The van der Waals surface area contributed by atoms with Gasteiger partial charge in [-0.3, -0.25) is 4.79 Å². The molecule has 72 valence electrons. The number of carbonyl (C=O) groups excluding carboxylic acids is 1. The average molecular weight is 178 g/mol. The van der Waals surface area contributed by atoms with E-state index in [2.05, 4.69) is 32.9 Å². The topological polar surface area (TPSA) is 17.1 Å². The molecule has 0 aromatic heterocycles. The van der Waals surface area contributed by atoms with Gasteiger partial charge in [-0.2, -0.15) is 0 Å². The molecule has 0 radical (unpaired) electrons. The molecule has 0 fully saturated rings. The first-order valence-electron chi connectivity index (χ1n) is 4.79. The molecular formula is C12H18O. The van der Waals surface area contributed by atoms with Gasteiger partial charge in [0.1, 0.15) is 6.29 Å². The first kappa shape index (κ1) is 10.2. The zero-order chi connectivity index (χ0) is 10.1. The van der Waals surface area contributed by atoms with E-state index < -0.39 is 0 Å². The predicted molar refractivity (Wildman–Crippen MR) is 55.5 cm³/mol. The van der Waals surface area contributed by atoms with E-state index in [9.17, 15) is 4.79 Å². The van der Waals surface area contributed by atoms with Gasteiger partial charge in [0.05, 0.1) is 0 Å². The third kappa shape index (κ3) is 1.90. The number of carbonyl (C=O) groups is 1. The molecule has 0 N–H and O–H groups in total. The fraction of sp³-hybridized carbons (Fsp3) is 0.583. The summed E-state index contributed by atoms with van der Waals surface area (Å²) in [5.74, 6) is 0.512. The molecule has 0 aliphatic heterocycles. The van der Waals surface area contributed by atoms with Crippen LogP contribution < -0.4 is 0 Å². The molecule has 0 saturated heterocycles. The van der Waals surface area contributed by atoms with Gasteiger partial charge in [-0.05, 0) is 37.2 Å². The maximum absolute atomic E-state index is 10.6. The molecule has 1 aliphatic carbocycles. The molecule has 1 aliphatic rings. The summed E-state index contributed by atoms with van der Waals surface area (Å²) in [7, 11) is 0. The first-order valence-corrected chi connectivity index (χ1v) is 4.79. The maximum Gasteiger partial charge on any atom is 0.145 e. The number of aldehydes is 1. The summed E-state index contributed by atoms with van der Waals surface area (Å²) < 4.78 is 0. The molecule has 1 unspecified atom stereocenters. The normalized spacial score (nSPS) is 27.2. The molecule has 1 heteroatoms. The van der Waals surface area contributed by atoms with Crippen molar-refractivity contribution in [2.45, 2.75) is 34.1 Å². The Bertz CT molecular complexity index is 269. The van der Waals surface area contributed by atoms with Crippen molar-refractivity contribution < 1.29 is 4.79 Å². The van der Waals surface area contributed by atoms with Gasteiger partial charge in [0, 0.05) is 0 Å². The summed E-state index contributed by atoms with van der Waals surface area (Å²) in [5, 5.41) is 0. The van der Waals surface area contributed by atoms with E-state index in [1.807, 2.05) is 6.92 Å². The fourth-order valence-electron chi connectivity index (χ4n) is 2.03. The summed E-state index contributed by atoms with van der Waals surface area (Å²) in [6, 6.07) is 0. The number of hydrogen-bond acceptors (Lipinski definition) is 1. The zero-order valence-corrected chi connectivity index (χ0v) is 8.92. The van der Waals surface area contributed by atoms with Crippen LogP contribution in [0.15, 0.2) is 23.3 Å². The van der Waals surface area contributed by atoms with E-state index >= 15 is 0 Å². The lowest BCUT2D eigenvalue weighted by molar-refractivity contribution is -0.104. The lowest BCUT2D eigenvalue weighted by Gasteiger charge is -2.27. The number of rotatable bonds is 2. The predicted octanol–water partition coefficient (Wildman–Crippen LogP) is 3.12. The van der Waals surface area contributed by atoms with E-state index in [4.69, 9.17) is 0 Å². The highest BCUT2D eigenvalue weighted by atomic mass is 16.1. The standard InChI is InChI=1S/C12H18O/c1-9(8-13)10(2)11-6-5-7-12(11,3)4/h5,7-8,11H,6H2,1-4H3. The second-order valence-corrected chi connectivity index (χ2v) is 4.50. The summed E-state index contributed by atoms with van der Waals surface area (Å²) >= 11 is 0. The van der Waals surface area contributed by atoms with Crippen molar-refractivity contribution >= 4 is 6.29 Å². The second kappa shape index (κ2) is 3.49. The van der Waals surface area contributed by atoms with E-state index in [0.717, 1.165) is 18.3 Å². The molecule has 1 nitrogen and oxygen atoms in total. The monoisotopic (exact) mass is 178 g/mol. The molecule has 1 rings (SSSR count). The molecule has 1 atom stereocenters. The Balaban J connectivity index is 2.92. The Morgan fingerprint density at radius 1 is 1.46 bits per heavy atom. The Hall–Kier alpha value is -0.850. The van der Waals surface area contributed by atoms with Gasteiger partial charge in [-0.1, -0.05) is 31.6 Å². The first-order chi connectivity index (χ1) is 5.99. The smallest absolute Gasteiger partial charge is 0.145 e. The quantitative estimate of drug-likeness (QED) is 0.361. The molecular weight excluding hydrogens is 160 g/mol. The maximum atomic E-state index is 10.6. The van der Waals surface area contributed by atoms with Gasteiger partial charge in [-0.25, -0.2) is 0 Å². The third-order valence-electron chi connectivity index (χ3n) is 3.14. The van der Waals surface area contributed by atoms with Crippen molar-refractivity contribution in [2.75, 3.05) is 0 Å². The lowest BCUT2D eigenvalue weighted by atomic mass is 9.77. The second-order valence-electron chi connectivity index (χ2n) is 4.50. The van der Waals surface area contributed by atoms with E-state index in [1.54, 1.807) is 0 Å². The van der Waals surface area contributed by atoms with Crippen molar-refractivity contribution in [1.29, 1.82) is 0 Å². The lowest BCUT2D eigenvalue weighted by Crippen LogP contribution is -2.19. The minimum Gasteiger partial charge on any atom is -0.298 e. The minimum absolute atomic E-state index is 0.217. The Morgan fingerprint density at radius 2 is 2.08 bits per heavy atom. The van der Waals surface area contributed by atoms with E-state index in [0.29, 0.717) is 5.92 Å². The summed E-state index contributed by atoms with van der Waals surface area (Å²) in [6.07, 6.45) is 6.50. The molecule has 0 bridgehead atoms. The van der Waals surface area contributed by atoms with Crippen LogP contribution in [0.25, 0.3) is 0 Å². The van der Waals surface area contributed by atoms with Crippen molar-refractivity contribution in [3.8, 4) is 0 Å². The van der Waals surface area contributed by atoms with Gasteiger partial charge in [0.15, 0.2) is 0 Å². The molecule has 0 amide bonds. The van der Waals surface area contributed by atoms with E-state index in [1.165, 1.54) is 5.57 Å². The zero-order valence-electron chi connectivity index (χ0n) is 8.92. The Kier molecular flexibility index (Phi) is 2.74. The van der Waals surface area contributed by atoms with Crippen LogP contribution in [0.3, 0.4) is 0 Å². The highest BCUT2D eigenvalue weighted by Gasteiger charge is 2.31. The largest absolute Gasteiger partial charge is 0.298 e. The fourth-order valence-corrected chi connectivity index (χ4v) is 2.03. The molecule has 0 heterocycles. The minimum atomic E-state index is 0.217. The summed E-state index contributed by atoms with van der Waals surface area (Å²) in [4.78, 5) is 10.6.